The summed E-state index contributed by atoms with van der Waals surface area (Å²) in [5.41, 5.74) is -0.212. The summed E-state index contributed by atoms with van der Waals surface area (Å²) in [5, 5.41) is 0. The molecule has 0 aromatic rings. The van der Waals surface area contributed by atoms with Crippen LogP contribution < -0.4 is 0 Å². The zero-order valence-corrected chi connectivity index (χ0v) is 11.7. The molecule has 2 aliphatic heterocycles. The first-order valence-corrected chi connectivity index (χ1v) is 7.54. The number of hydrogen-bond acceptors (Lipinski definition) is 3. The fourth-order valence-corrected chi connectivity index (χ4v) is 3.42. The summed E-state index contributed by atoms with van der Waals surface area (Å²) in [4.78, 5) is 13.9. The van der Waals surface area contributed by atoms with E-state index in [0.29, 0.717) is 6.61 Å². The van der Waals surface area contributed by atoms with Gasteiger partial charge in [0.2, 0.25) is 0 Å². The van der Waals surface area contributed by atoms with Crippen molar-refractivity contribution < 1.29 is 9.53 Å². The molecule has 2 aliphatic rings. The van der Waals surface area contributed by atoms with Crippen LogP contribution in [-0.4, -0.2) is 44.0 Å². The largest absolute Gasteiger partial charge is 0.380 e. The Morgan fingerprint density at radius 1 is 1.39 bits per heavy atom. The van der Waals surface area contributed by atoms with Gasteiger partial charge in [0.25, 0.3) is 0 Å². The fraction of sp³-hybridized carbons (Fsp3) is 0.933. The average Bonchev–Trinajstić information content (AvgIpc) is 2.42. The third-order valence-electron chi connectivity index (χ3n) is 4.55. The fourth-order valence-electron chi connectivity index (χ4n) is 3.42. The zero-order valence-electron chi connectivity index (χ0n) is 11.7. The van der Waals surface area contributed by atoms with Gasteiger partial charge in [-0.25, -0.2) is 0 Å². The highest BCUT2D eigenvalue weighted by molar-refractivity contribution is 5.60. The van der Waals surface area contributed by atoms with Crippen molar-refractivity contribution in [1.82, 2.24) is 4.90 Å². The van der Waals surface area contributed by atoms with Crippen molar-refractivity contribution in [2.45, 2.75) is 45.4 Å². The van der Waals surface area contributed by atoms with Crippen molar-refractivity contribution in [3.8, 4) is 0 Å². The van der Waals surface area contributed by atoms with Gasteiger partial charge >= 0.3 is 0 Å². The summed E-state index contributed by atoms with van der Waals surface area (Å²) < 4.78 is 5.52. The van der Waals surface area contributed by atoms with E-state index in [1.807, 2.05) is 0 Å². The predicted octanol–water partition coefficient (Wildman–Crippen LogP) is 2.49. The van der Waals surface area contributed by atoms with Crippen LogP contribution in [0, 0.1) is 11.3 Å². The Balaban J connectivity index is 1.80. The molecule has 0 N–H and O–H groups in total. The van der Waals surface area contributed by atoms with E-state index in [0.717, 1.165) is 38.2 Å². The molecule has 104 valence electrons. The Hall–Kier alpha value is -0.410. The van der Waals surface area contributed by atoms with Crippen molar-refractivity contribution in [3.63, 3.8) is 0 Å². The highest BCUT2D eigenvalue weighted by Crippen LogP contribution is 2.30. The van der Waals surface area contributed by atoms with Crippen LogP contribution in [0.2, 0.25) is 0 Å². The van der Waals surface area contributed by atoms with Gasteiger partial charge in [-0.1, -0.05) is 19.8 Å². The van der Waals surface area contributed by atoms with Crippen molar-refractivity contribution in [2.24, 2.45) is 11.3 Å². The minimum absolute atomic E-state index is 0.212. The lowest BCUT2D eigenvalue weighted by Gasteiger charge is -2.39. The standard InChI is InChI=1S/C15H27NO2/c1-2-4-14-5-8-16(9-6-14)11-15(12-17)7-3-10-18-13-15/h12,14H,2-11,13H2,1H3. The lowest BCUT2D eigenvalue weighted by Crippen LogP contribution is -2.46. The smallest absolute Gasteiger partial charge is 0.129 e. The molecule has 0 spiro atoms. The van der Waals surface area contributed by atoms with E-state index in [-0.39, 0.29) is 5.41 Å². The molecular formula is C15H27NO2. The lowest BCUT2D eigenvalue weighted by atomic mass is 9.82. The van der Waals surface area contributed by atoms with E-state index >= 15 is 0 Å². The van der Waals surface area contributed by atoms with Gasteiger partial charge < -0.3 is 14.4 Å². The molecule has 2 saturated heterocycles. The zero-order chi connectivity index (χ0) is 12.8. The minimum atomic E-state index is -0.212. The second kappa shape index (κ2) is 6.67. The first-order valence-electron chi connectivity index (χ1n) is 7.54. The quantitative estimate of drug-likeness (QED) is 0.705. The number of rotatable bonds is 5. The number of carbonyl (C=O) groups is 1. The Bertz CT molecular complexity index is 253. The van der Waals surface area contributed by atoms with Gasteiger partial charge in [0.1, 0.15) is 6.29 Å². The van der Waals surface area contributed by atoms with Crippen LogP contribution in [0.1, 0.15) is 45.4 Å². The van der Waals surface area contributed by atoms with Crippen LogP contribution in [0.4, 0.5) is 0 Å². The molecule has 1 atom stereocenters. The molecule has 0 aliphatic carbocycles. The molecule has 0 aromatic heterocycles. The summed E-state index contributed by atoms with van der Waals surface area (Å²) in [7, 11) is 0. The number of carbonyl (C=O) groups excluding carboxylic acids is 1. The maximum Gasteiger partial charge on any atom is 0.129 e. The second-order valence-corrected chi connectivity index (χ2v) is 6.14. The predicted molar refractivity (Wildman–Crippen MR) is 72.6 cm³/mol. The van der Waals surface area contributed by atoms with E-state index in [1.54, 1.807) is 0 Å². The lowest BCUT2D eigenvalue weighted by molar-refractivity contribution is -0.126. The van der Waals surface area contributed by atoms with E-state index in [1.165, 1.54) is 38.8 Å². The average molecular weight is 253 g/mol. The summed E-state index contributed by atoms with van der Waals surface area (Å²) in [6.07, 6.45) is 8.49. The van der Waals surface area contributed by atoms with E-state index in [4.69, 9.17) is 4.74 Å². The molecule has 0 bridgehead atoms. The summed E-state index contributed by atoms with van der Waals surface area (Å²) >= 11 is 0. The number of hydrogen-bond donors (Lipinski definition) is 0. The monoisotopic (exact) mass is 253 g/mol. The van der Waals surface area contributed by atoms with E-state index < -0.39 is 0 Å². The van der Waals surface area contributed by atoms with Gasteiger partial charge in [-0.2, -0.15) is 0 Å². The van der Waals surface area contributed by atoms with Crippen LogP contribution in [-0.2, 0) is 9.53 Å². The molecule has 2 rings (SSSR count). The van der Waals surface area contributed by atoms with Crippen molar-refractivity contribution in [1.29, 1.82) is 0 Å². The van der Waals surface area contributed by atoms with Crippen molar-refractivity contribution >= 4 is 6.29 Å². The second-order valence-electron chi connectivity index (χ2n) is 6.14. The topological polar surface area (TPSA) is 29.5 Å². The molecule has 1 unspecified atom stereocenters. The van der Waals surface area contributed by atoms with Gasteiger partial charge in [-0.3, -0.25) is 0 Å². The molecule has 0 saturated carbocycles. The molecule has 0 amide bonds. The molecule has 3 heteroatoms. The van der Waals surface area contributed by atoms with Gasteiger partial charge in [0, 0.05) is 13.2 Å². The van der Waals surface area contributed by atoms with E-state index in [2.05, 4.69) is 11.8 Å². The molecule has 3 nitrogen and oxygen atoms in total. The number of piperidine rings is 1. The number of ether oxygens (including phenoxy) is 1. The number of likely N-dealkylation sites (tertiary alicyclic amines) is 1. The normalized spacial score (nSPS) is 31.4. The summed E-state index contributed by atoms with van der Waals surface area (Å²) in [5.74, 6) is 0.918. The number of nitrogens with zero attached hydrogens (tertiary/aromatic N) is 1. The minimum Gasteiger partial charge on any atom is -0.380 e. The highest BCUT2D eigenvalue weighted by atomic mass is 16.5. The van der Waals surface area contributed by atoms with Crippen LogP contribution in [0.25, 0.3) is 0 Å². The van der Waals surface area contributed by atoms with Gasteiger partial charge in [0.15, 0.2) is 0 Å². The molecule has 2 heterocycles. The van der Waals surface area contributed by atoms with Crippen LogP contribution in [0.15, 0.2) is 0 Å². The van der Waals surface area contributed by atoms with Crippen LogP contribution in [0.3, 0.4) is 0 Å². The molecule has 2 fully saturated rings. The van der Waals surface area contributed by atoms with Crippen molar-refractivity contribution in [2.75, 3.05) is 32.8 Å². The van der Waals surface area contributed by atoms with Crippen LogP contribution >= 0.6 is 0 Å². The SMILES string of the molecule is CCCC1CCN(CC2(C=O)CCCOC2)CC1. The molecule has 0 radical (unpaired) electrons. The summed E-state index contributed by atoms with van der Waals surface area (Å²) in [6.45, 7) is 6.97. The van der Waals surface area contributed by atoms with E-state index in [9.17, 15) is 4.79 Å². The summed E-state index contributed by atoms with van der Waals surface area (Å²) in [6, 6.07) is 0. The first kappa shape index (κ1) is 14.0. The van der Waals surface area contributed by atoms with Gasteiger partial charge in [-0.05, 0) is 44.7 Å². The first-order chi connectivity index (χ1) is 8.78. The molecule has 18 heavy (non-hydrogen) atoms. The number of aldehydes is 1. The van der Waals surface area contributed by atoms with Gasteiger partial charge in [0.05, 0.1) is 12.0 Å². The highest BCUT2D eigenvalue weighted by Gasteiger charge is 2.35. The Morgan fingerprint density at radius 2 is 2.17 bits per heavy atom. The Labute approximate surface area is 111 Å². The third-order valence-corrected chi connectivity index (χ3v) is 4.55. The Morgan fingerprint density at radius 3 is 2.72 bits per heavy atom. The third kappa shape index (κ3) is 3.55. The Kier molecular flexibility index (Phi) is 5.19. The van der Waals surface area contributed by atoms with Crippen molar-refractivity contribution in [3.05, 3.63) is 0 Å². The maximum absolute atomic E-state index is 11.4. The maximum atomic E-state index is 11.4. The van der Waals surface area contributed by atoms with Gasteiger partial charge in [-0.15, -0.1) is 0 Å². The van der Waals surface area contributed by atoms with Crippen LogP contribution in [0.5, 0.6) is 0 Å². The molecular weight excluding hydrogens is 226 g/mol. The molecule has 0 aromatic carbocycles.